The molecule has 2 heterocycles. The van der Waals surface area contributed by atoms with Crippen LogP contribution in [0.2, 0.25) is 0 Å². The predicted molar refractivity (Wildman–Crippen MR) is 118 cm³/mol. The molecule has 1 aliphatic rings. The third-order valence-electron chi connectivity index (χ3n) is 5.79. The number of benzene rings is 1. The second kappa shape index (κ2) is 10.9. The standard InChI is InChI=1S/C24H32N4O2/c1-3-4-5-6-9-16-30-24(29)19(17-25)22-23(28-14-12-18(2)13-15-28)27-21-11-8-7-10-20(21)26-22/h7-8,10-11,18-19H,3-6,9,12-16H2,1-2H3/t19-/m0/s1. The number of ether oxygens (including phenoxy) is 1. The van der Waals surface area contributed by atoms with Crippen LogP contribution in [0.4, 0.5) is 5.82 Å². The van der Waals surface area contributed by atoms with Crippen LogP contribution >= 0.6 is 0 Å². The number of aromatic nitrogens is 2. The van der Waals surface area contributed by atoms with Gasteiger partial charge in [0.1, 0.15) is 5.69 Å². The number of nitrogens with zero attached hydrogens (tertiary/aromatic N) is 4. The van der Waals surface area contributed by atoms with Crippen molar-refractivity contribution in [3.63, 3.8) is 0 Å². The Morgan fingerprint density at radius 1 is 1.17 bits per heavy atom. The molecule has 160 valence electrons. The molecule has 0 aliphatic carbocycles. The minimum absolute atomic E-state index is 0.346. The average molecular weight is 409 g/mol. The van der Waals surface area contributed by atoms with Gasteiger partial charge in [0.2, 0.25) is 0 Å². The van der Waals surface area contributed by atoms with Crippen LogP contribution in [0.15, 0.2) is 24.3 Å². The number of hydrogen-bond donors (Lipinski definition) is 0. The molecule has 2 aromatic rings. The summed E-state index contributed by atoms with van der Waals surface area (Å²) in [5.74, 6) is -0.272. The Bertz CT molecular complexity index is 884. The summed E-state index contributed by atoms with van der Waals surface area (Å²) in [6, 6.07) is 9.72. The van der Waals surface area contributed by atoms with Crippen LogP contribution in [-0.4, -0.2) is 35.6 Å². The lowest BCUT2D eigenvalue weighted by Crippen LogP contribution is -2.35. The van der Waals surface area contributed by atoms with Gasteiger partial charge in [-0.3, -0.25) is 4.79 Å². The highest BCUT2D eigenvalue weighted by Gasteiger charge is 2.31. The quantitative estimate of drug-likeness (QED) is 0.430. The maximum atomic E-state index is 12.8. The number of esters is 1. The van der Waals surface area contributed by atoms with Gasteiger partial charge in [-0.25, -0.2) is 9.97 Å². The number of hydrogen-bond acceptors (Lipinski definition) is 6. The maximum Gasteiger partial charge on any atom is 0.329 e. The fourth-order valence-corrected chi connectivity index (χ4v) is 3.84. The summed E-state index contributed by atoms with van der Waals surface area (Å²) in [6.45, 7) is 6.47. The normalized spacial score (nSPS) is 15.7. The number of rotatable bonds is 9. The second-order valence-corrected chi connectivity index (χ2v) is 8.23. The van der Waals surface area contributed by atoms with Crippen LogP contribution in [-0.2, 0) is 9.53 Å². The van der Waals surface area contributed by atoms with Gasteiger partial charge in [-0.15, -0.1) is 0 Å². The van der Waals surface area contributed by atoms with E-state index in [-0.39, 0.29) is 0 Å². The number of para-hydroxylation sites is 2. The average Bonchev–Trinajstić information content (AvgIpc) is 2.77. The van der Waals surface area contributed by atoms with Gasteiger partial charge in [0.25, 0.3) is 0 Å². The van der Waals surface area contributed by atoms with E-state index in [4.69, 9.17) is 14.7 Å². The molecule has 3 rings (SSSR count). The lowest BCUT2D eigenvalue weighted by Gasteiger charge is -2.32. The van der Waals surface area contributed by atoms with Gasteiger partial charge in [0, 0.05) is 13.1 Å². The molecule has 1 fully saturated rings. The highest BCUT2D eigenvalue weighted by molar-refractivity contribution is 5.85. The lowest BCUT2D eigenvalue weighted by atomic mass is 9.98. The van der Waals surface area contributed by atoms with E-state index < -0.39 is 11.9 Å². The molecule has 0 spiro atoms. The van der Waals surface area contributed by atoms with Crippen molar-refractivity contribution >= 4 is 22.8 Å². The third-order valence-corrected chi connectivity index (χ3v) is 5.79. The van der Waals surface area contributed by atoms with Crippen molar-refractivity contribution in [3.8, 4) is 6.07 Å². The van der Waals surface area contributed by atoms with Gasteiger partial charge in [0.05, 0.1) is 23.7 Å². The van der Waals surface area contributed by atoms with E-state index in [2.05, 4.69) is 24.8 Å². The number of carbonyl (C=O) groups is 1. The van der Waals surface area contributed by atoms with E-state index in [1.165, 1.54) is 12.8 Å². The summed E-state index contributed by atoms with van der Waals surface area (Å²) in [4.78, 5) is 24.4. The van der Waals surface area contributed by atoms with Crippen LogP contribution in [0.3, 0.4) is 0 Å². The lowest BCUT2D eigenvalue weighted by molar-refractivity contribution is -0.144. The van der Waals surface area contributed by atoms with Crippen molar-refractivity contribution in [2.24, 2.45) is 5.92 Å². The molecule has 0 saturated carbocycles. The molecule has 1 saturated heterocycles. The molecule has 0 N–H and O–H groups in total. The monoisotopic (exact) mass is 408 g/mol. The first-order valence-electron chi connectivity index (χ1n) is 11.2. The second-order valence-electron chi connectivity index (χ2n) is 8.23. The molecule has 0 unspecified atom stereocenters. The highest BCUT2D eigenvalue weighted by atomic mass is 16.5. The molecule has 1 aromatic heterocycles. The van der Waals surface area contributed by atoms with E-state index in [0.717, 1.165) is 50.7 Å². The van der Waals surface area contributed by atoms with Crippen LogP contribution < -0.4 is 4.90 Å². The first-order valence-corrected chi connectivity index (χ1v) is 11.2. The van der Waals surface area contributed by atoms with Gasteiger partial charge in [-0.1, -0.05) is 51.7 Å². The van der Waals surface area contributed by atoms with E-state index in [0.29, 0.717) is 29.6 Å². The molecular weight excluding hydrogens is 376 g/mol. The molecule has 30 heavy (non-hydrogen) atoms. The Morgan fingerprint density at radius 3 is 2.50 bits per heavy atom. The zero-order valence-electron chi connectivity index (χ0n) is 18.1. The molecule has 1 aromatic carbocycles. The van der Waals surface area contributed by atoms with Crippen LogP contribution in [0.25, 0.3) is 11.0 Å². The van der Waals surface area contributed by atoms with Gasteiger partial charge in [-0.05, 0) is 37.3 Å². The Labute approximate surface area is 179 Å². The first kappa shape index (κ1) is 22.0. The molecule has 0 amide bonds. The Hall–Kier alpha value is -2.68. The minimum atomic E-state index is -1.06. The summed E-state index contributed by atoms with van der Waals surface area (Å²) in [5.41, 5.74) is 1.88. The van der Waals surface area contributed by atoms with Crippen molar-refractivity contribution < 1.29 is 9.53 Å². The van der Waals surface area contributed by atoms with E-state index in [9.17, 15) is 10.1 Å². The number of piperidine rings is 1. The fourth-order valence-electron chi connectivity index (χ4n) is 3.84. The van der Waals surface area contributed by atoms with Crippen LogP contribution in [0, 0.1) is 17.2 Å². The highest BCUT2D eigenvalue weighted by Crippen LogP contribution is 2.30. The van der Waals surface area contributed by atoms with E-state index >= 15 is 0 Å². The number of carbonyl (C=O) groups excluding carboxylic acids is 1. The van der Waals surface area contributed by atoms with Crippen molar-refractivity contribution in [3.05, 3.63) is 30.0 Å². The number of anilines is 1. The molecule has 0 bridgehead atoms. The first-order chi connectivity index (χ1) is 14.6. The predicted octanol–water partition coefficient (Wildman–Crippen LogP) is 4.99. The van der Waals surface area contributed by atoms with Crippen molar-refractivity contribution in [2.45, 2.75) is 64.7 Å². The molecule has 6 heteroatoms. The topological polar surface area (TPSA) is 79.1 Å². The van der Waals surface area contributed by atoms with Crippen LogP contribution in [0.1, 0.15) is 70.4 Å². The van der Waals surface area contributed by atoms with Crippen molar-refractivity contribution in [1.82, 2.24) is 9.97 Å². The summed E-state index contributed by atoms with van der Waals surface area (Å²) >= 11 is 0. The van der Waals surface area contributed by atoms with Crippen molar-refractivity contribution in [2.75, 3.05) is 24.6 Å². The molecular formula is C24H32N4O2. The van der Waals surface area contributed by atoms with Crippen molar-refractivity contribution in [1.29, 1.82) is 5.26 Å². The summed E-state index contributed by atoms with van der Waals surface area (Å²) in [6.07, 6.45) is 7.49. The molecule has 6 nitrogen and oxygen atoms in total. The summed E-state index contributed by atoms with van der Waals surface area (Å²) in [5, 5.41) is 9.82. The Kier molecular flexibility index (Phi) is 8.01. The Balaban J connectivity index is 1.81. The van der Waals surface area contributed by atoms with Gasteiger partial charge >= 0.3 is 5.97 Å². The maximum absolute atomic E-state index is 12.8. The number of unbranched alkanes of at least 4 members (excludes halogenated alkanes) is 4. The fraction of sp³-hybridized carbons (Fsp3) is 0.583. The number of fused-ring (bicyclic) bond motifs is 1. The van der Waals surface area contributed by atoms with E-state index in [1.54, 1.807) is 0 Å². The number of nitriles is 1. The van der Waals surface area contributed by atoms with Crippen LogP contribution in [0.5, 0.6) is 0 Å². The van der Waals surface area contributed by atoms with Gasteiger partial charge in [0.15, 0.2) is 11.7 Å². The smallest absolute Gasteiger partial charge is 0.329 e. The van der Waals surface area contributed by atoms with Gasteiger partial charge < -0.3 is 9.64 Å². The van der Waals surface area contributed by atoms with E-state index in [1.807, 2.05) is 24.3 Å². The molecule has 1 aliphatic heterocycles. The summed E-state index contributed by atoms with van der Waals surface area (Å²) in [7, 11) is 0. The largest absolute Gasteiger partial charge is 0.464 e. The third kappa shape index (κ3) is 5.47. The zero-order valence-corrected chi connectivity index (χ0v) is 18.1. The molecule has 1 atom stereocenters. The SMILES string of the molecule is CCCCCCCOC(=O)[C@@H](C#N)c1nc2ccccc2nc1N1CCC(C)CC1. The zero-order chi connectivity index (χ0) is 21.3. The Morgan fingerprint density at radius 2 is 1.83 bits per heavy atom. The molecule has 0 radical (unpaired) electrons. The minimum Gasteiger partial charge on any atom is -0.464 e. The summed E-state index contributed by atoms with van der Waals surface area (Å²) < 4.78 is 5.45. The van der Waals surface area contributed by atoms with Gasteiger partial charge in [-0.2, -0.15) is 5.26 Å².